The zero-order valence-electron chi connectivity index (χ0n) is 27.0. The van der Waals surface area contributed by atoms with Gasteiger partial charge in [-0.05, 0) is 85.3 Å². The van der Waals surface area contributed by atoms with Crippen LogP contribution in [0.1, 0.15) is 5.56 Å². The maximum atomic E-state index is 5.17. The van der Waals surface area contributed by atoms with Crippen LogP contribution in [0, 0.1) is 6.92 Å². The van der Waals surface area contributed by atoms with Crippen LogP contribution in [-0.4, -0.2) is 14.5 Å². The van der Waals surface area contributed by atoms with Crippen molar-refractivity contribution in [3.05, 3.63) is 181 Å². The summed E-state index contributed by atoms with van der Waals surface area (Å²) in [5, 5.41) is 2.44. The van der Waals surface area contributed by atoms with Crippen LogP contribution in [0.2, 0.25) is 0 Å². The van der Waals surface area contributed by atoms with Crippen molar-refractivity contribution in [1.82, 2.24) is 14.5 Å². The molecule has 7 aromatic carbocycles. The highest BCUT2D eigenvalue weighted by atomic mass is 15.1. The van der Waals surface area contributed by atoms with Gasteiger partial charge in [0.2, 0.25) is 0 Å². The first-order valence-corrected chi connectivity index (χ1v) is 16.6. The molecule has 0 fully saturated rings. The number of benzene rings is 7. The van der Waals surface area contributed by atoms with Crippen LogP contribution in [0.4, 0.5) is 17.1 Å². The van der Waals surface area contributed by atoms with E-state index in [2.05, 4.69) is 186 Å². The number of hydrogen-bond acceptors (Lipinski definition) is 3. The first kappa shape index (κ1) is 28.7. The quantitative estimate of drug-likeness (QED) is 0.184. The largest absolute Gasteiger partial charge is 0.310 e. The maximum absolute atomic E-state index is 5.17. The fraction of sp³-hybridized carbons (Fsp3) is 0.0222. The van der Waals surface area contributed by atoms with Gasteiger partial charge in [0.05, 0.1) is 33.5 Å². The van der Waals surface area contributed by atoms with Crippen molar-refractivity contribution in [3.8, 4) is 28.2 Å². The molecule has 0 saturated heterocycles. The molecular weight excluding hydrogens is 597 g/mol. The molecule has 4 heteroatoms. The van der Waals surface area contributed by atoms with Gasteiger partial charge >= 0.3 is 0 Å². The number of nitrogens with zero attached hydrogens (tertiary/aromatic N) is 4. The zero-order valence-corrected chi connectivity index (χ0v) is 27.0. The fourth-order valence-corrected chi connectivity index (χ4v) is 6.91. The topological polar surface area (TPSA) is 34.0 Å². The van der Waals surface area contributed by atoms with Crippen LogP contribution in [-0.2, 0) is 0 Å². The molecule has 0 unspecified atom stereocenters. The van der Waals surface area contributed by atoms with Crippen LogP contribution in [0.15, 0.2) is 176 Å². The van der Waals surface area contributed by atoms with E-state index in [-0.39, 0.29) is 0 Å². The summed E-state index contributed by atoms with van der Waals surface area (Å²) in [6, 6.07) is 61.9. The Bertz CT molecular complexity index is 2590. The van der Waals surface area contributed by atoms with Crippen LogP contribution in [0.3, 0.4) is 0 Å². The minimum atomic E-state index is 0.871. The van der Waals surface area contributed by atoms with Crippen molar-refractivity contribution in [1.29, 1.82) is 0 Å². The predicted molar refractivity (Wildman–Crippen MR) is 204 cm³/mol. The van der Waals surface area contributed by atoms with Crippen LogP contribution in [0.5, 0.6) is 0 Å². The van der Waals surface area contributed by atoms with Gasteiger partial charge in [-0.2, -0.15) is 0 Å². The van der Waals surface area contributed by atoms with Crippen molar-refractivity contribution in [3.63, 3.8) is 0 Å². The monoisotopic (exact) mass is 628 g/mol. The highest BCUT2D eigenvalue weighted by Gasteiger charge is 2.19. The van der Waals surface area contributed by atoms with Crippen molar-refractivity contribution >= 4 is 49.9 Å². The molecule has 4 nitrogen and oxygen atoms in total. The molecule has 2 aromatic heterocycles. The minimum absolute atomic E-state index is 0.871. The Morgan fingerprint density at radius 2 is 1.00 bits per heavy atom. The van der Waals surface area contributed by atoms with Gasteiger partial charge in [0.25, 0.3) is 0 Å². The van der Waals surface area contributed by atoms with E-state index in [1.165, 1.54) is 27.4 Å². The highest BCUT2D eigenvalue weighted by Crippen LogP contribution is 2.40. The van der Waals surface area contributed by atoms with E-state index in [0.29, 0.717) is 0 Å². The normalized spacial score (nSPS) is 11.4. The van der Waals surface area contributed by atoms with E-state index in [0.717, 1.165) is 56.3 Å². The average molecular weight is 629 g/mol. The van der Waals surface area contributed by atoms with E-state index in [9.17, 15) is 0 Å². The molecule has 0 aliphatic carbocycles. The van der Waals surface area contributed by atoms with E-state index in [1.807, 2.05) is 6.07 Å². The van der Waals surface area contributed by atoms with Crippen LogP contribution in [0.25, 0.3) is 61.0 Å². The summed E-state index contributed by atoms with van der Waals surface area (Å²) in [6.45, 7) is 2.09. The molecule has 0 bridgehead atoms. The molecule has 0 N–H and O–H groups in total. The molecule has 9 aromatic rings. The molecular formula is C45H32N4. The second-order valence-corrected chi connectivity index (χ2v) is 12.4. The number of aromatic nitrogens is 3. The van der Waals surface area contributed by atoms with Crippen LogP contribution < -0.4 is 4.90 Å². The smallest absolute Gasteiger partial charge is 0.0973 e. The molecule has 0 radical (unpaired) electrons. The van der Waals surface area contributed by atoms with Gasteiger partial charge in [0.1, 0.15) is 0 Å². The number of hydrogen-bond donors (Lipinski definition) is 0. The van der Waals surface area contributed by atoms with E-state index < -0.39 is 0 Å². The first-order chi connectivity index (χ1) is 24.2. The summed E-state index contributed by atoms with van der Waals surface area (Å²) >= 11 is 0. The average Bonchev–Trinajstić information content (AvgIpc) is 3.50. The summed E-state index contributed by atoms with van der Waals surface area (Å²) in [6.07, 6.45) is 0. The molecule has 232 valence electrons. The van der Waals surface area contributed by atoms with Gasteiger partial charge in [-0.15, -0.1) is 0 Å². The molecule has 2 heterocycles. The van der Waals surface area contributed by atoms with E-state index in [4.69, 9.17) is 9.97 Å². The van der Waals surface area contributed by atoms with Gasteiger partial charge in [-0.3, -0.25) is 0 Å². The number of anilines is 3. The van der Waals surface area contributed by atoms with E-state index >= 15 is 0 Å². The molecule has 0 aliphatic rings. The Labute approximate surface area is 285 Å². The fourth-order valence-electron chi connectivity index (χ4n) is 6.91. The number of rotatable bonds is 6. The third kappa shape index (κ3) is 5.11. The Morgan fingerprint density at radius 3 is 1.76 bits per heavy atom. The second-order valence-electron chi connectivity index (χ2n) is 12.4. The molecule has 0 aliphatic heterocycles. The number of fused-ring (bicyclic) bond motifs is 4. The molecule has 0 spiro atoms. The minimum Gasteiger partial charge on any atom is -0.310 e. The van der Waals surface area contributed by atoms with Gasteiger partial charge < -0.3 is 9.47 Å². The summed E-state index contributed by atoms with van der Waals surface area (Å²) in [5.41, 5.74) is 13.5. The zero-order chi connectivity index (χ0) is 32.7. The SMILES string of the molecule is Cc1ccc2nc(-c3ccc(N(c4ccccc4)c4ccc5c(c4)c4ccccc4n5-c4ccccc4)cc3)c(-c3ccccc3)nc2c1. The Hall–Kier alpha value is -6.52. The summed E-state index contributed by atoms with van der Waals surface area (Å²) in [5.74, 6) is 0. The number of aryl methyl sites for hydroxylation is 1. The summed E-state index contributed by atoms with van der Waals surface area (Å²) < 4.78 is 2.35. The third-order valence-electron chi connectivity index (χ3n) is 9.21. The van der Waals surface area contributed by atoms with Crippen molar-refractivity contribution in [2.75, 3.05) is 4.90 Å². The van der Waals surface area contributed by atoms with Crippen LogP contribution >= 0.6 is 0 Å². The molecule has 0 saturated carbocycles. The van der Waals surface area contributed by atoms with Crippen molar-refractivity contribution in [2.45, 2.75) is 6.92 Å². The lowest BCUT2D eigenvalue weighted by Gasteiger charge is -2.26. The first-order valence-electron chi connectivity index (χ1n) is 16.6. The van der Waals surface area contributed by atoms with Gasteiger partial charge in [-0.1, -0.05) is 103 Å². The molecule has 0 amide bonds. The van der Waals surface area contributed by atoms with Crippen molar-refractivity contribution < 1.29 is 0 Å². The van der Waals surface area contributed by atoms with Gasteiger partial charge in [0, 0.05) is 44.6 Å². The summed E-state index contributed by atoms with van der Waals surface area (Å²) in [7, 11) is 0. The second kappa shape index (κ2) is 11.9. The molecule has 9 rings (SSSR count). The van der Waals surface area contributed by atoms with Crippen molar-refractivity contribution in [2.24, 2.45) is 0 Å². The molecule has 49 heavy (non-hydrogen) atoms. The Balaban J connectivity index is 1.19. The number of para-hydroxylation sites is 3. The lowest BCUT2D eigenvalue weighted by Crippen LogP contribution is -2.09. The highest BCUT2D eigenvalue weighted by molar-refractivity contribution is 6.10. The Morgan fingerprint density at radius 1 is 0.429 bits per heavy atom. The third-order valence-corrected chi connectivity index (χ3v) is 9.21. The summed E-state index contributed by atoms with van der Waals surface area (Å²) in [4.78, 5) is 12.6. The molecule has 0 atom stereocenters. The lowest BCUT2D eigenvalue weighted by molar-refractivity contribution is 1.18. The lowest BCUT2D eigenvalue weighted by atomic mass is 10.0. The maximum Gasteiger partial charge on any atom is 0.0973 e. The van der Waals surface area contributed by atoms with E-state index in [1.54, 1.807) is 0 Å². The van der Waals surface area contributed by atoms with Gasteiger partial charge in [0.15, 0.2) is 0 Å². The Kier molecular flexibility index (Phi) is 6.98. The standard InChI is InChI=1S/C45H32N4/c1-31-21-27-40-41(29-31)47-44(32-13-5-2-6-14-32)45(46-40)33-22-24-36(25-23-33)48(34-15-7-3-8-16-34)37-26-28-43-39(30-37)38-19-11-12-20-42(38)49(43)35-17-9-4-10-18-35/h2-30H,1H3. The predicted octanol–water partition coefficient (Wildman–Crippen LogP) is 11.8. The van der Waals surface area contributed by atoms with Gasteiger partial charge in [-0.25, -0.2) is 9.97 Å².